The standard InChI is InChI=1S/C85H166O17P2/c1-6-10-13-16-19-22-25-27-29-32-36-40-44-49-54-59-64-69-83(88)96-75-81(102-85(90)71-66-61-56-51-46-41-37-34-31-30-33-35-38-43-47-52-57-62-67-78(5)9-4)77-100-104(93,94)98-73-79(86)72-97-103(91,92)99-76-80(74-95-82(87)68-63-58-53-48-42-24-21-18-15-12-8-3)101-84(89)70-65-60-55-50-45-39-28-26-23-20-17-14-11-7-2/h78-81,86H,6-77H2,1-5H3,(H,91,92)(H,93,94)/t78?,79-,80+,81+/m0/s1. The molecule has 0 aliphatic carbocycles. The van der Waals surface area contributed by atoms with Gasteiger partial charge in [-0.15, -0.1) is 0 Å². The number of carbonyl (C=O) groups excluding carboxylic acids is 4. The molecule has 104 heavy (non-hydrogen) atoms. The van der Waals surface area contributed by atoms with Gasteiger partial charge in [0.25, 0.3) is 0 Å². The summed E-state index contributed by atoms with van der Waals surface area (Å²) in [5.74, 6) is -1.23. The van der Waals surface area contributed by atoms with E-state index < -0.39 is 97.5 Å². The SMILES string of the molecule is CCCCCCCCCCCCCCCCCCCC(=O)OC[C@H](COP(=O)(O)OC[C@@H](O)COP(=O)(O)OC[C@@H](COC(=O)CCCCCCCCCCCCC)OC(=O)CCCCCCCCCCCCCCCC)OC(=O)CCCCCCCCCCCCCCCCCCCCC(C)CC. The molecule has 0 saturated heterocycles. The van der Waals surface area contributed by atoms with Gasteiger partial charge in [-0.05, 0) is 31.6 Å². The van der Waals surface area contributed by atoms with Gasteiger partial charge in [0.2, 0.25) is 0 Å². The van der Waals surface area contributed by atoms with E-state index in [0.717, 1.165) is 95.8 Å². The summed E-state index contributed by atoms with van der Waals surface area (Å²) >= 11 is 0. The second kappa shape index (κ2) is 77.8. The number of carbonyl (C=O) groups is 4. The van der Waals surface area contributed by atoms with Gasteiger partial charge in [0.1, 0.15) is 19.3 Å². The van der Waals surface area contributed by atoms with Crippen LogP contribution in [0, 0.1) is 5.92 Å². The van der Waals surface area contributed by atoms with Crippen molar-refractivity contribution in [3.05, 3.63) is 0 Å². The molecule has 6 atom stereocenters. The topological polar surface area (TPSA) is 237 Å². The summed E-state index contributed by atoms with van der Waals surface area (Å²) in [6, 6.07) is 0. The summed E-state index contributed by atoms with van der Waals surface area (Å²) in [5.41, 5.74) is 0. The van der Waals surface area contributed by atoms with Gasteiger partial charge in [0, 0.05) is 25.7 Å². The van der Waals surface area contributed by atoms with Crippen molar-refractivity contribution in [1.29, 1.82) is 0 Å². The van der Waals surface area contributed by atoms with Crippen LogP contribution in [0.1, 0.15) is 458 Å². The number of aliphatic hydroxyl groups excluding tert-OH is 1. The highest BCUT2D eigenvalue weighted by molar-refractivity contribution is 7.47. The molecule has 0 radical (unpaired) electrons. The lowest BCUT2D eigenvalue weighted by Gasteiger charge is -2.21. The number of phosphoric acid groups is 2. The van der Waals surface area contributed by atoms with Crippen LogP contribution in [-0.4, -0.2) is 96.7 Å². The Kier molecular flexibility index (Phi) is 76.3. The van der Waals surface area contributed by atoms with Crippen LogP contribution < -0.4 is 0 Å². The summed E-state index contributed by atoms with van der Waals surface area (Å²) in [6.07, 6.45) is 70.7. The molecule has 0 aliphatic rings. The van der Waals surface area contributed by atoms with E-state index in [4.69, 9.17) is 37.0 Å². The van der Waals surface area contributed by atoms with Crippen LogP contribution in [-0.2, 0) is 65.4 Å². The Balaban J connectivity index is 5.22. The zero-order valence-corrected chi connectivity index (χ0v) is 70.0. The number of esters is 4. The predicted molar refractivity (Wildman–Crippen MR) is 428 cm³/mol. The second-order valence-electron chi connectivity index (χ2n) is 30.8. The maximum Gasteiger partial charge on any atom is 0.472 e. The predicted octanol–water partition coefficient (Wildman–Crippen LogP) is 26.0. The molecule has 0 rings (SSSR count). The first-order chi connectivity index (χ1) is 50.6. The van der Waals surface area contributed by atoms with Crippen LogP contribution in [0.15, 0.2) is 0 Å². The number of aliphatic hydroxyl groups is 1. The van der Waals surface area contributed by atoms with Crippen LogP contribution in [0.4, 0.5) is 0 Å². The zero-order chi connectivity index (χ0) is 76.2. The Morgan fingerprint density at radius 3 is 0.683 bits per heavy atom. The largest absolute Gasteiger partial charge is 0.472 e. The molecule has 3 N–H and O–H groups in total. The van der Waals surface area contributed by atoms with E-state index in [2.05, 4.69) is 34.6 Å². The number of hydrogen-bond donors (Lipinski definition) is 3. The fourth-order valence-corrected chi connectivity index (χ4v) is 14.8. The molecule has 0 aliphatic heterocycles. The van der Waals surface area contributed by atoms with Gasteiger partial charge >= 0.3 is 39.5 Å². The van der Waals surface area contributed by atoms with Gasteiger partial charge in [-0.2, -0.15) is 0 Å². The molecule has 17 nitrogen and oxygen atoms in total. The number of phosphoric ester groups is 2. The molecule has 0 aromatic heterocycles. The normalized spacial score (nSPS) is 14.0. The third kappa shape index (κ3) is 76.8. The Hall–Kier alpha value is -1.94. The average Bonchev–Trinajstić information content (AvgIpc) is 0.908. The van der Waals surface area contributed by atoms with E-state index in [-0.39, 0.29) is 25.7 Å². The van der Waals surface area contributed by atoms with E-state index in [0.29, 0.717) is 25.7 Å². The minimum Gasteiger partial charge on any atom is -0.462 e. The zero-order valence-electron chi connectivity index (χ0n) is 68.2. The van der Waals surface area contributed by atoms with Crippen molar-refractivity contribution in [2.75, 3.05) is 39.6 Å². The maximum absolute atomic E-state index is 13.1. The average molecular weight is 1520 g/mol. The van der Waals surface area contributed by atoms with E-state index in [1.807, 2.05) is 0 Å². The monoisotopic (exact) mass is 1520 g/mol. The van der Waals surface area contributed by atoms with Crippen molar-refractivity contribution in [2.24, 2.45) is 5.92 Å². The Labute approximate surface area is 638 Å². The van der Waals surface area contributed by atoms with Crippen molar-refractivity contribution in [1.82, 2.24) is 0 Å². The first-order valence-electron chi connectivity index (χ1n) is 44.2. The second-order valence-corrected chi connectivity index (χ2v) is 33.7. The molecular weight excluding hydrogens is 1350 g/mol. The first-order valence-corrected chi connectivity index (χ1v) is 47.2. The number of ether oxygens (including phenoxy) is 4. The summed E-state index contributed by atoms with van der Waals surface area (Å²) in [7, 11) is -9.92. The van der Waals surface area contributed by atoms with Gasteiger partial charge in [0.05, 0.1) is 26.4 Å². The van der Waals surface area contributed by atoms with Gasteiger partial charge in [0.15, 0.2) is 12.2 Å². The third-order valence-electron chi connectivity index (χ3n) is 20.4. The fourth-order valence-electron chi connectivity index (χ4n) is 13.3. The summed E-state index contributed by atoms with van der Waals surface area (Å²) in [5, 5.41) is 10.7. The van der Waals surface area contributed by atoms with Crippen molar-refractivity contribution >= 4 is 39.5 Å². The minimum atomic E-state index is -4.96. The molecule has 0 bridgehead atoms. The highest BCUT2D eigenvalue weighted by Crippen LogP contribution is 2.45. The molecular formula is C85H166O17P2. The molecule has 0 aromatic carbocycles. The van der Waals surface area contributed by atoms with Crippen LogP contribution in [0.25, 0.3) is 0 Å². The van der Waals surface area contributed by atoms with Gasteiger partial charge in [-0.3, -0.25) is 37.3 Å². The highest BCUT2D eigenvalue weighted by atomic mass is 31.2. The van der Waals surface area contributed by atoms with E-state index >= 15 is 0 Å². The van der Waals surface area contributed by atoms with Crippen LogP contribution >= 0.6 is 15.6 Å². The Bertz CT molecular complexity index is 1980. The lowest BCUT2D eigenvalue weighted by molar-refractivity contribution is -0.161. The van der Waals surface area contributed by atoms with Crippen LogP contribution in [0.5, 0.6) is 0 Å². The Morgan fingerprint density at radius 2 is 0.462 bits per heavy atom. The van der Waals surface area contributed by atoms with Crippen molar-refractivity contribution < 1.29 is 80.2 Å². The number of hydrogen-bond acceptors (Lipinski definition) is 15. The summed E-state index contributed by atoms with van der Waals surface area (Å²) in [4.78, 5) is 73.2. The lowest BCUT2D eigenvalue weighted by Crippen LogP contribution is -2.30. The number of rotatable bonds is 85. The van der Waals surface area contributed by atoms with Crippen LogP contribution in [0.2, 0.25) is 0 Å². The number of unbranched alkanes of at least 4 members (excludes halogenated alkanes) is 56. The molecule has 19 heteroatoms. The summed E-state index contributed by atoms with van der Waals surface area (Å²) < 4.78 is 68.9. The molecule has 0 saturated carbocycles. The first kappa shape index (κ1) is 102. The summed E-state index contributed by atoms with van der Waals surface area (Å²) in [6.45, 7) is 7.43. The van der Waals surface area contributed by atoms with Crippen LogP contribution in [0.3, 0.4) is 0 Å². The molecule has 3 unspecified atom stereocenters. The maximum atomic E-state index is 13.1. The van der Waals surface area contributed by atoms with Gasteiger partial charge in [-0.25, -0.2) is 9.13 Å². The molecule has 0 amide bonds. The highest BCUT2D eigenvalue weighted by Gasteiger charge is 2.30. The van der Waals surface area contributed by atoms with Gasteiger partial charge < -0.3 is 33.8 Å². The molecule has 0 aromatic rings. The van der Waals surface area contributed by atoms with Crippen molar-refractivity contribution in [3.8, 4) is 0 Å². The molecule has 0 spiro atoms. The third-order valence-corrected chi connectivity index (χ3v) is 22.3. The van der Waals surface area contributed by atoms with E-state index in [9.17, 15) is 43.2 Å². The fraction of sp³-hybridized carbons (Fsp3) is 0.953. The van der Waals surface area contributed by atoms with E-state index in [1.54, 1.807) is 0 Å². The molecule has 0 fully saturated rings. The smallest absolute Gasteiger partial charge is 0.462 e. The lowest BCUT2D eigenvalue weighted by atomic mass is 9.99. The van der Waals surface area contributed by atoms with Crippen molar-refractivity contribution in [2.45, 2.75) is 477 Å². The molecule has 618 valence electrons. The van der Waals surface area contributed by atoms with Crippen molar-refractivity contribution in [3.63, 3.8) is 0 Å². The Morgan fingerprint density at radius 1 is 0.269 bits per heavy atom. The molecule has 0 heterocycles. The quantitative estimate of drug-likeness (QED) is 0.0222. The minimum absolute atomic E-state index is 0.109. The van der Waals surface area contributed by atoms with Gasteiger partial charge in [-0.1, -0.05) is 407 Å². The van der Waals surface area contributed by atoms with E-state index in [1.165, 1.54) is 283 Å².